The molecule has 6 heteroatoms. The van der Waals surface area contributed by atoms with Gasteiger partial charge in [-0.2, -0.15) is 0 Å². The minimum absolute atomic E-state index is 0.0921. The first-order chi connectivity index (χ1) is 13.6. The van der Waals surface area contributed by atoms with Crippen LogP contribution in [-0.4, -0.2) is 23.9 Å². The maximum atomic E-state index is 12.6. The van der Waals surface area contributed by atoms with Gasteiger partial charge in [0.05, 0.1) is 12.3 Å². The molecule has 28 heavy (non-hydrogen) atoms. The van der Waals surface area contributed by atoms with Crippen molar-refractivity contribution in [3.8, 4) is 0 Å². The van der Waals surface area contributed by atoms with E-state index >= 15 is 0 Å². The van der Waals surface area contributed by atoms with E-state index in [2.05, 4.69) is 35.3 Å². The average Bonchev–Trinajstić information content (AvgIpc) is 3.35. The van der Waals surface area contributed by atoms with Gasteiger partial charge in [0.15, 0.2) is 5.76 Å². The molecule has 0 spiro atoms. The number of rotatable bonds is 5. The molecule has 1 aromatic carbocycles. The third kappa shape index (κ3) is 4.17. The second-order valence-corrected chi connectivity index (χ2v) is 8.82. The van der Waals surface area contributed by atoms with Crippen molar-refractivity contribution in [2.75, 3.05) is 18.4 Å². The Kier molecular flexibility index (Phi) is 5.85. The zero-order valence-electron chi connectivity index (χ0n) is 15.8. The smallest absolute Gasteiger partial charge is 0.291 e. The first-order valence-electron chi connectivity index (χ1n) is 9.56. The summed E-state index contributed by atoms with van der Waals surface area (Å²) in [5, 5.41) is 4.68. The predicted molar refractivity (Wildman–Crippen MR) is 114 cm³/mol. The molecule has 1 N–H and O–H groups in total. The molecule has 0 saturated carbocycles. The van der Waals surface area contributed by atoms with E-state index < -0.39 is 0 Å². The van der Waals surface area contributed by atoms with Crippen molar-refractivity contribution in [1.82, 2.24) is 4.90 Å². The number of hydrogen-bond acceptors (Lipinski definition) is 4. The fraction of sp³-hybridized carbons (Fsp3) is 0.318. The van der Waals surface area contributed by atoms with Crippen molar-refractivity contribution < 1.29 is 9.21 Å². The van der Waals surface area contributed by atoms with E-state index in [1.54, 1.807) is 23.5 Å². The van der Waals surface area contributed by atoms with Crippen molar-refractivity contribution in [2.45, 2.75) is 32.2 Å². The molecule has 0 bridgehead atoms. The number of benzene rings is 1. The normalized spacial score (nSPS) is 16.1. The fourth-order valence-corrected chi connectivity index (χ4v) is 4.88. The highest BCUT2D eigenvalue weighted by atomic mass is 35.5. The van der Waals surface area contributed by atoms with Crippen LogP contribution in [0.3, 0.4) is 0 Å². The van der Waals surface area contributed by atoms with E-state index in [1.165, 1.54) is 36.0 Å². The minimum Gasteiger partial charge on any atom is -0.459 e. The Bertz CT molecular complexity index is 928. The topological polar surface area (TPSA) is 45.5 Å². The number of nitrogens with one attached hydrogen (secondary N) is 1. The van der Waals surface area contributed by atoms with Gasteiger partial charge in [0.1, 0.15) is 5.00 Å². The number of anilines is 1. The van der Waals surface area contributed by atoms with Crippen LogP contribution in [0.2, 0.25) is 5.02 Å². The van der Waals surface area contributed by atoms with Crippen molar-refractivity contribution in [3.05, 3.63) is 75.5 Å². The first-order valence-corrected chi connectivity index (χ1v) is 10.8. The van der Waals surface area contributed by atoms with Crippen LogP contribution in [0.15, 0.2) is 53.1 Å². The highest BCUT2D eigenvalue weighted by Crippen LogP contribution is 2.40. The molecule has 3 heterocycles. The molecule has 146 valence electrons. The lowest BCUT2D eigenvalue weighted by molar-refractivity contribution is 0.0996. The van der Waals surface area contributed by atoms with Gasteiger partial charge >= 0.3 is 0 Å². The second-order valence-electron chi connectivity index (χ2n) is 7.12. The maximum absolute atomic E-state index is 12.6. The lowest BCUT2D eigenvalue weighted by atomic mass is 9.96. The predicted octanol–water partition coefficient (Wildman–Crippen LogP) is 6.13. The summed E-state index contributed by atoms with van der Waals surface area (Å²) in [7, 11) is 0. The third-order valence-corrected chi connectivity index (χ3v) is 6.33. The average molecular weight is 415 g/mol. The number of halogens is 1. The molecule has 1 aliphatic rings. The largest absolute Gasteiger partial charge is 0.459 e. The lowest BCUT2D eigenvalue weighted by Crippen LogP contribution is -2.34. The Morgan fingerprint density at radius 3 is 2.61 bits per heavy atom. The summed E-state index contributed by atoms with van der Waals surface area (Å²) in [6.45, 7) is 4.17. The van der Waals surface area contributed by atoms with E-state index in [0.717, 1.165) is 28.7 Å². The van der Waals surface area contributed by atoms with Gasteiger partial charge in [-0.1, -0.05) is 30.2 Å². The molecule has 1 aliphatic heterocycles. The van der Waals surface area contributed by atoms with E-state index in [0.29, 0.717) is 5.76 Å². The molecule has 2 aromatic heterocycles. The summed E-state index contributed by atoms with van der Waals surface area (Å²) in [5.74, 6) is 0.0969. The Balaban J connectivity index is 1.71. The maximum Gasteiger partial charge on any atom is 0.291 e. The fourth-order valence-electron chi connectivity index (χ4n) is 3.82. The van der Waals surface area contributed by atoms with Gasteiger partial charge in [0, 0.05) is 15.5 Å². The van der Waals surface area contributed by atoms with E-state index in [1.807, 2.05) is 12.1 Å². The Labute approximate surface area is 174 Å². The monoisotopic (exact) mass is 414 g/mol. The summed E-state index contributed by atoms with van der Waals surface area (Å²) in [6, 6.07) is 13.7. The molecule has 1 fully saturated rings. The van der Waals surface area contributed by atoms with Crippen LogP contribution in [0.25, 0.3) is 0 Å². The highest BCUT2D eigenvalue weighted by molar-refractivity contribution is 7.16. The van der Waals surface area contributed by atoms with Gasteiger partial charge in [0.2, 0.25) is 0 Å². The number of carbonyl (C=O) groups is 1. The highest BCUT2D eigenvalue weighted by Gasteiger charge is 2.28. The van der Waals surface area contributed by atoms with Gasteiger partial charge in [0.25, 0.3) is 5.91 Å². The van der Waals surface area contributed by atoms with Crippen LogP contribution < -0.4 is 5.32 Å². The van der Waals surface area contributed by atoms with Crippen molar-refractivity contribution in [2.24, 2.45) is 0 Å². The number of furan rings is 1. The second kappa shape index (κ2) is 8.52. The lowest BCUT2D eigenvalue weighted by Gasteiger charge is -2.35. The summed E-state index contributed by atoms with van der Waals surface area (Å²) >= 11 is 7.73. The third-order valence-electron chi connectivity index (χ3n) is 5.09. The number of hydrogen-bond donors (Lipinski definition) is 1. The van der Waals surface area contributed by atoms with Crippen LogP contribution >= 0.6 is 22.9 Å². The van der Waals surface area contributed by atoms with Gasteiger partial charge in [-0.05, 0) is 68.8 Å². The summed E-state index contributed by atoms with van der Waals surface area (Å²) in [5.41, 5.74) is 2.32. The van der Waals surface area contributed by atoms with Crippen LogP contribution in [-0.2, 0) is 0 Å². The zero-order chi connectivity index (χ0) is 19.5. The number of nitrogens with zero attached hydrogens (tertiary/aromatic N) is 1. The molecule has 3 aromatic rings. The van der Waals surface area contributed by atoms with E-state index in [4.69, 9.17) is 16.0 Å². The van der Waals surface area contributed by atoms with Gasteiger partial charge in [-0.25, -0.2) is 0 Å². The number of piperidine rings is 1. The molecule has 0 radical (unpaired) electrons. The molecule has 1 atom stereocenters. The molecule has 4 rings (SSSR count). The molecular weight excluding hydrogens is 392 g/mol. The van der Waals surface area contributed by atoms with Crippen molar-refractivity contribution >= 4 is 33.8 Å². The first kappa shape index (κ1) is 19.2. The van der Waals surface area contributed by atoms with Crippen LogP contribution in [0, 0.1) is 6.92 Å². The SMILES string of the molecule is Cc1cc(C(c2ccc(Cl)cc2)N2CCCCC2)c(NC(=O)c2ccco2)s1. The van der Waals surface area contributed by atoms with Gasteiger partial charge in [-0.3, -0.25) is 9.69 Å². The molecular formula is C22H23ClN2O2S. The standard InChI is InChI=1S/C22H23ClN2O2S/c1-15-14-18(22(28-15)24-21(26)19-6-5-13-27-19)20(25-11-3-2-4-12-25)16-7-9-17(23)10-8-16/h5-10,13-14,20H,2-4,11-12H2,1H3,(H,24,26). The van der Waals surface area contributed by atoms with Gasteiger partial charge in [-0.15, -0.1) is 11.3 Å². The number of thiophene rings is 1. The van der Waals surface area contributed by atoms with Crippen LogP contribution in [0.1, 0.15) is 51.9 Å². The van der Waals surface area contributed by atoms with Gasteiger partial charge < -0.3 is 9.73 Å². The van der Waals surface area contributed by atoms with E-state index in [9.17, 15) is 4.79 Å². The summed E-state index contributed by atoms with van der Waals surface area (Å²) < 4.78 is 5.26. The number of amides is 1. The quantitative estimate of drug-likeness (QED) is 0.546. The number of likely N-dealkylation sites (tertiary alicyclic amines) is 1. The molecule has 0 aliphatic carbocycles. The Morgan fingerprint density at radius 1 is 1.18 bits per heavy atom. The summed E-state index contributed by atoms with van der Waals surface area (Å²) in [6.07, 6.45) is 5.18. The van der Waals surface area contributed by atoms with Crippen molar-refractivity contribution in [1.29, 1.82) is 0 Å². The molecule has 1 saturated heterocycles. The number of aryl methyl sites for hydroxylation is 1. The summed E-state index contributed by atoms with van der Waals surface area (Å²) in [4.78, 5) is 16.3. The molecule has 1 amide bonds. The Hall–Kier alpha value is -2.08. The van der Waals surface area contributed by atoms with E-state index in [-0.39, 0.29) is 11.9 Å². The number of carbonyl (C=O) groups excluding carboxylic acids is 1. The van der Waals surface area contributed by atoms with Crippen LogP contribution in [0.4, 0.5) is 5.00 Å². The zero-order valence-corrected chi connectivity index (χ0v) is 17.4. The minimum atomic E-state index is -0.221. The van der Waals surface area contributed by atoms with Crippen LogP contribution in [0.5, 0.6) is 0 Å². The molecule has 1 unspecified atom stereocenters. The molecule has 4 nitrogen and oxygen atoms in total. The Morgan fingerprint density at radius 2 is 1.93 bits per heavy atom. The van der Waals surface area contributed by atoms with Crippen molar-refractivity contribution in [3.63, 3.8) is 0 Å².